The summed E-state index contributed by atoms with van der Waals surface area (Å²) in [6.45, 7) is 7.09. The van der Waals surface area contributed by atoms with Crippen molar-refractivity contribution in [3.05, 3.63) is 89.5 Å². The summed E-state index contributed by atoms with van der Waals surface area (Å²) >= 11 is 0. The Hall–Kier alpha value is -2.91. The molecule has 3 rings (SSSR count). The molecule has 1 unspecified atom stereocenters. The maximum Gasteiger partial charge on any atom is 0.343 e. The predicted molar refractivity (Wildman–Crippen MR) is 136 cm³/mol. The molecule has 0 aliphatic carbocycles. The van der Waals surface area contributed by atoms with E-state index >= 15 is 0 Å². The van der Waals surface area contributed by atoms with Crippen LogP contribution >= 0.6 is 0 Å². The van der Waals surface area contributed by atoms with Gasteiger partial charge < -0.3 is 9.47 Å². The van der Waals surface area contributed by atoms with E-state index in [9.17, 15) is 4.79 Å². The van der Waals surface area contributed by atoms with Gasteiger partial charge in [0.15, 0.2) is 0 Å². The van der Waals surface area contributed by atoms with Gasteiger partial charge in [0.25, 0.3) is 0 Å². The minimum absolute atomic E-state index is 0.0253. The number of aryl methyl sites for hydroxylation is 1. The van der Waals surface area contributed by atoms with Gasteiger partial charge in [0.1, 0.15) is 5.75 Å². The third-order valence-corrected chi connectivity index (χ3v) is 5.86. The standard InChI is InChI=1S/C30H36O3/c1-4-6-7-8-9-24-10-12-26(13-11-24)27-14-16-28(17-15-27)30(31)33-29-20-18-25(19-21-29)23(3)32-22-5-2/h10-21,23H,4-9,22H2,1-3H3. The minimum Gasteiger partial charge on any atom is -0.423 e. The Kier molecular flexibility index (Phi) is 9.71. The van der Waals surface area contributed by atoms with Gasteiger partial charge in [-0.1, -0.05) is 81.6 Å². The highest BCUT2D eigenvalue weighted by Gasteiger charge is 2.11. The zero-order valence-corrected chi connectivity index (χ0v) is 20.2. The second-order valence-electron chi connectivity index (χ2n) is 8.56. The lowest BCUT2D eigenvalue weighted by atomic mass is 10.0. The first-order chi connectivity index (χ1) is 16.1. The SMILES string of the molecule is CCCCCCc1ccc(-c2ccc(C(=O)Oc3ccc(C(C)OCCC)cc3)cc2)cc1. The monoisotopic (exact) mass is 444 g/mol. The van der Waals surface area contributed by atoms with Crippen molar-refractivity contribution >= 4 is 5.97 Å². The molecule has 1 atom stereocenters. The summed E-state index contributed by atoms with van der Waals surface area (Å²) in [4.78, 5) is 12.6. The topological polar surface area (TPSA) is 35.5 Å². The molecule has 3 heteroatoms. The van der Waals surface area contributed by atoms with Crippen molar-refractivity contribution in [2.24, 2.45) is 0 Å². The highest BCUT2D eigenvalue weighted by molar-refractivity contribution is 5.91. The largest absolute Gasteiger partial charge is 0.423 e. The van der Waals surface area contributed by atoms with Crippen LogP contribution in [0.4, 0.5) is 0 Å². The first kappa shape index (κ1) is 24.7. The fourth-order valence-electron chi connectivity index (χ4n) is 3.78. The van der Waals surface area contributed by atoms with Gasteiger partial charge in [-0.3, -0.25) is 0 Å². The molecule has 174 valence electrons. The normalized spacial score (nSPS) is 11.8. The number of hydrogen-bond donors (Lipinski definition) is 0. The van der Waals surface area contributed by atoms with E-state index < -0.39 is 0 Å². The third kappa shape index (κ3) is 7.57. The predicted octanol–water partition coefficient (Wildman–Crippen LogP) is 8.18. The molecule has 0 heterocycles. The van der Waals surface area contributed by atoms with Crippen molar-refractivity contribution in [2.75, 3.05) is 6.61 Å². The van der Waals surface area contributed by atoms with E-state index in [1.54, 1.807) is 0 Å². The van der Waals surface area contributed by atoms with Gasteiger partial charge in [0.05, 0.1) is 11.7 Å². The summed E-state index contributed by atoms with van der Waals surface area (Å²) in [7, 11) is 0. The van der Waals surface area contributed by atoms with Gasteiger partial charge in [0.2, 0.25) is 0 Å². The minimum atomic E-state index is -0.355. The second-order valence-corrected chi connectivity index (χ2v) is 8.56. The molecule has 0 saturated heterocycles. The summed E-state index contributed by atoms with van der Waals surface area (Å²) < 4.78 is 11.3. The molecule has 0 aliphatic rings. The molecule has 0 amide bonds. The number of benzene rings is 3. The zero-order chi connectivity index (χ0) is 23.5. The van der Waals surface area contributed by atoms with E-state index in [0.717, 1.165) is 36.1 Å². The van der Waals surface area contributed by atoms with Crippen LogP contribution < -0.4 is 4.74 Å². The van der Waals surface area contributed by atoms with Gasteiger partial charge in [-0.2, -0.15) is 0 Å². The van der Waals surface area contributed by atoms with Crippen LogP contribution in [0.2, 0.25) is 0 Å². The fourth-order valence-corrected chi connectivity index (χ4v) is 3.78. The molecule has 0 saturated carbocycles. The van der Waals surface area contributed by atoms with Crippen LogP contribution in [-0.4, -0.2) is 12.6 Å². The highest BCUT2D eigenvalue weighted by atomic mass is 16.5. The van der Waals surface area contributed by atoms with E-state index in [1.807, 2.05) is 55.5 Å². The van der Waals surface area contributed by atoms with Gasteiger partial charge in [0, 0.05) is 6.61 Å². The van der Waals surface area contributed by atoms with Gasteiger partial charge in [-0.25, -0.2) is 4.79 Å². The van der Waals surface area contributed by atoms with Gasteiger partial charge in [-0.15, -0.1) is 0 Å². The highest BCUT2D eigenvalue weighted by Crippen LogP contribution is 2.23. The molecule has 33 heavy (non-hydrogen) atoms. The van der Waals surface area contributed by atoms with Gasteiger partial charge >= 0.3 is 5.97 Å². The molecule has 0 N–H and O–H groups in total. The van der Waals surface area contributed by atoms with Crippen LogP contribution in [0.15, 0.2) is 72.8 Å². The summed E-state index contributed by atoms with van der Waals surface area (Å²) in [5.41, 5.74) is 5.23. The van der Waals surface area contributed by atoms with Crippen molar-refractivity contribution in [1.29, 1.82) is 0 Å². The van der Waals surface area contributed by atoms with Crippen molar-refractivity contribution in [3.8, 4) is 16.9 Å². The smallest absolute Gasteiger partial charge is 0.343 e. The number of carbonyl (C=O) groups excluding carboxylic acids is 1. The number of ether oxygens (including phenoxy) is 2. The maximum absolute atomic E-state index is 12.6. The number of rotatable bonds is 12. The first-order valence-corrected chi connectivity index (χ1v) is 12.2. The molecule has 3 aromatic carbocycles. The van der Waals surface area contributed by atoms with E-state index in [4.69, 9.17) is 9.47 Å². The van der Waals surface area contributed by atoms with Crippen molar-refractivity contribution < 1.29 is 14.3 Å². The molecule has 0 fully saturated rings. The Balaban J connectivity index is 1.55. The number of hydrogen-bond acceptors (Lipinski definition) is 3. The van der Waals surface area contributed by atoms with E-state index in [0.29, 0.717) is 11.3 Å². The quantitative estimate of drug-likeness (QED) is 0.160. The Morgan fingerprint density at radius 1 is 0.758 bits per heavy atom. The van der Waals surface area contributed by atoms with Crippen molar-refractivity contribution in [3.63, 3.8) is 0 Å². The summed E-state index contributed by atoms with van der Waals surface area (Å²) in [5, 5.41) is 0. The molecule has 0 aromatic heterocycles. The zero-order valence-electron chi connectivity index (χ0n) is 20.2. The number of esters is 1. The van der Waals surface area contributed by atoms with Crippen LogP contribution in [0.5, 0.6) is 5.75 Å². The van der Waals surface area contributed by atoms with Crippen molar-refractivity contribution in [2.45, 2.75) is 65.4 Å². The maximum atomic E-state index is 12.6. The lowest BCUT2D eigenvalue weighted by molar-refractivity contribution is 0.0662. The number of unbranched alkanes of at least 4 members (excludes halogenated alkanes) is 3. The number of carbonyl (C=O) groups is 1. The lowest BCUT2D eigenvalue weighted by Crippen LogP contribution is -2.08. The Bertz CT molecular complexity index is 973. The Morgan fingerprint density at radius 3 is 2.00 bits per heavy atom. The third-order valence-electron chi connectivity index (χ3n) is 5.86. The van der Waals surface area contributed by atoms with E-state index in [-0.39, 0.29) is 12.1 Å². The van der Waals surface area contributed by atoms with Crippen LogP contribution in [0.3, 0.4) is 0 Å². The van der Waals surface area contributed by atoms with Crippen LogP contribution in [-0.2, 0) is 11.2 Å². The Morgan fingerprint density at radius 2 is 1.39 bits per heavy atom. The molecular formula is C30H36O3. The fraction of sp³-hybridized carbons (Fsp3) is 0.367. The lowest BCUT2D eigenvalue weighted by Gasteiger charge is -2.13. The average Bonchev–Trinajstić information content (AvgIpc) is 2.86. The molecular weight excluding hydrogens is 408 g/mol. The molecule has 0 spiro atoms. The second kappa shape index (κ2) is 13.0. The molecule has 0 radical (unpaired) electrons. The Labute approximate surface area is 198 Å². The summed E-state index contributed by atoms with van der Waals surface area (Å²) in [5.74, 6) is 0.178. The molecule has 3 aromatic rings. The average molecular weight is 445 g/mol. The summed E-state index contributed by atoms with van der Waals surface area (Å²) in [6.07, 6.45) is 7.27. The van der Waals surface area contributed by atoms with Crippen molar-refractivity contribution in [1.82, 2.24) is 0 Å². The van der Waals surface area contributed by atoms with Crippen LogP contribution in [0.25, 0.3) is 11.1 Å². The molecule has 0 aliphatic heterocycles. The van der Waals surface area contributed by atoms with Gasteiger partial charge in [-0.05, 0) is 72.7 Å². The van der Waals surface area contributed by atoms with Crippen LogP contribution in [0, 0.1) is 0 Å². The summed E-state index contributed by atoms with van der Waals surface area (Å²) in [6, 6.07) is 23.9. The first-order valence-electron chi connectivity index (χ1n) is 12.2. The van der Waals surface area contributed by atoms with E-state index in [2.05, 4.69) is 38.1 Å². The molecule has 3 nitrogen and oxygen atoms in total. The van der Waals surface area contributed by atoms with E-state index in [1.165, 1.54) is 31.2 Å². The van der Waals surface area contributed by atoms with Crippen LogP contribution in [0.1, 0.15) is 80.5 Å². The molecule has 0 bridgehead atoms.